The Morgan fingerprint density at radius 2 is 2.44 bits per heavy atom. The van der Waals surface area contributed by atoms with Crippen molar-refractivity contribution in [1.82, 2.24) is 15.5 Å². The van der Waals surface area contributed by atoms with Gasteiger partial charge in [0, 0.05) is 13.1 Å². The molecule has 0 saturated carbocycles. The molecule has 1 fully saturated rings. The summed E-state index contributed by atoms with van der Waals surface area (Å²) in [5.74, 6) is 1.60. The molecule has 2 N–H and O–H groups in total. The summed E-state index contributed by atoms with van der Waals surface area (Å²) in [7, 11) is 2.18. The lowest BCUT2D eigenvalue weighted by molar-refractivity contribution is 0.210. The second-order valence-electron chi connectivity index (χ2n) is 4.91. The van der Waals surface area contributed by atoms with E-state index in [2.05, 4.69) is 22.6 Å². The maximum atomic E-state index is 5.25. The van der Waals surface area contributed by atoms with Crippen LogP contribution < -0.4 is 10.6 Å². The third kappa shape index (κ3) is 4.31. The van der Waals surface area contributed by atoms with Crippen LogP contribution >= 0.6 is 12.2 Å². The van der Waals surface area contributed by atoms with E-state index < -0.39 is 0 Å². The predicted molar refractivity (Wildman–Crippen MR) is 76.4 cm³/mol. The second kappa shape index (κ2) is 6.75. The Morgan fingerprint density at radius 1 is 1.56 bits per heavy atom. The Hall–Kier alpha value is -1.07. The lowest BCUT2D eigenvalue weighted by Crippen LogP contribution is -2.42. The molecule has 1 aliphatic heterocycles. The molecule has 0 aromatic carbocycles. The minimum absolute atomic E-state index is 0.642. The molecule has 1 aromatic rings. The lowest BCUT2D eigenvalue weighted by atomic mass is 9.99. The molecule has 1 saturated heterocycles. The Bertz CT molecular complexity index is 366. The average Bonchev–Trinajstić information content (AvgIpc) is 2.87. The third-order valence-electron chi connectivity index (χ3n) is 3.28. The average molecular weight is 267 g/mol. The zero-order valence-corrected chi connectivity index (χ0v) is 11.6. The molecule has 100 valence electrons. The van der Waals surface area contributed by atoms with Crippen molar-refractivity contribution >= 4 is 17.3 Å². The molecular formula is C13H21N3OS. The van der Waals surface area contributed by atoms with Crippen LogP contribution in [0.5, 0.6) is 0 Å². The molecule has 0 spiro atoms. The number of hydrogen-bond donors (Lipinski definition) is 2. The highest BCUT2D eigenvalue weighted by Gasteiger charge is 2.16. The van der Waals surface area contributed by atoms with E-state index in [4.69, 9.17) is 16.6 Å². The van der Waals surface area contributed by atoms with E-state index >= 15 is 0 Å². The molecule has 0 amide bonds. The van der Waals surface area contributed by atoms with Crippen LogP contribution in [0.4, 0.5) is 0 Å². The first-order chi connectivity index (χ1) is 8.74. The van der Waals surface area contributed by atoms with Gasteiger partial charge in [0.2, 0.25) is 0 Å². The van der Waals surface area contributed by atoms with Gasteiger partial charge in [-0.1, -0.05) is 0 Å². The standard InChI is InChI=1S/C13H21N3OS/c1-16-6-2-4-11(10-16)8-14-13(18)15-9-12-5-3-7-17-12/h3,5,7,11H,2,4,6,8-10H2,1H3,(H2,14,15,18)/t11-/m0/s1. The molecule has 0 unspecified atom stereocenters. The van der Waals surface area contributed by atoms with E-state index in [1.165, 1.54) is 19.4 Å². The van der Waals surface area contributed by atoms with E-state index in [-0.39, 0.29) is 0 Å². The van der Waals surface area contributed by atoms with Crippen LogP contribution in [0.1, 0.15) is 18.6 Å². The van der Waals surface area contributed by atoms with Gasteiger partial charge in [-0.05, 0) is 56.7 Å². The molecule has 5 heteroatoms. The van der Waals surface area contributed by atoms with Crippen molar-refractivity contribution in [2.45, 2.75) is 19.4 Å². The largest absolute Gasteiger partial charge is 0.467 e. The third-order valence-corrected chi connectivity index (χ3v) is 3.57. The van der Waals surface area contributed by atoms with Crippen molar-refractivity contribution < 1.29 is 4.42 Å². The number of nitrogens with zero attached hydrogens (tertiary/aromatic N) is 1. The van der Waals surface area contributed by atoms with Gasteiger partial charge in [0.05, 0.1) is 12.8 Å². The van der Waals surface area contributed by atoms with Crippen molar-refractivity contribution in [2.24, 2.45) is 5.92 Å². The topological polar surface area (TPSA) is 40.4 Å². The van der Waals surface area contributed by atoms with Gasteiger partial charge in [-0.3, -0.25) is 0 Å². The first kappa shape index (κ1) is 13.4. The summed E-state index contributed by atoms with van der Waals surface area (Å²) in [6, 6.07) is 3.82. The molecule has 0 bridgehead atoms. The number of rotatable bonds is 4. The first-order valence-corrected chi connectivity index (χ1v) is 6.87. The van der Waals surface area contributed by atoms with E-state index in [1.807, 2.05) is 12.1 Å². The fourth-order valence-electron chi connectivity index (χ4n) is 2.32. The van der Waals surface area contributed by atoms with Crippen molar-refractivity contribution in [2.75, 3.05) is 26.7 Å². The molecule has 0 aliphatic carbocycles. The van der Waals surface area contributed by atoms with Crippen molar-refractivity contribution in [3.63, 3.8) is 0 Å². The van der Waals surface area contributed by atoms with Crippen molar-refractivity contribution in [3.8, 4) is 0 Å². The second-order valence-corrected chi connectivity index (χ2v) is 5.32. The molecule has 2 heterocycles. The number of thiocarbonyl (C=S) groups is 1. The highest BCUT2D eigenvalue weighted by molar-refractivity contribution is 7.80. The zero-order valence-electron chi connectivity index (χ0n) is 10.8. The van der Waals surface area contributed by atoms with Crippen LogP contribution in [0, 0.1) is 5.92 Å². The smallest absolute Gasteiger partial charge is 0.166 e. The quantitative estimate of drug-likeness (QED) is 0.811. The normalized spacial score (nSPS) is 20.6. The molecule has 18 heavy (non-hydrogen) atoms. The van der Waals surface area contributed by atoms with Gasteiger partial charge in [-0.15, -0.1) is 0 Å². The Balaban J connectivity index is 1.62. The van der Waals surface area contributed by atoms with Gasteiger partial charge >= 0.3 is 0 Å². The maximum absolute atomic E-state index is 5.25. The monoisotopic (exact) mass is 267 g/mol. The summed E-state index contributed by atoms with van der Waals surface area (Å²) in [4.78, 5) is 2.38. The van der Waals surface area contributed by atoms with Gasteiger partial charge in [-0.2, -0.15) is 0 Å². The molecule has 1 atom stereocenters. The molecular weight excluding hydrogens is 246 g/mol. The highest BCUT2D eigenvalue weighted by atomic mass is 32.1. The minimum atomic E-state index is 0.642. The van der Waals surface area contributed by atoms with Crippen LogP contribution in [0.15, 0.2) is 22.8 Å². The summed E-state index contributed by atoms with van der Waals surface area (Å²) in [6.07, 6.45) is 4.25. The van der Waals surface area contributed by atoms with Crippen LogP contribution in [-0.2, 0) is 6.54 Å². The molecule has 1 aliphatic rings. The van der Waals surface area contributed by atoms with Crippen LogP contribution in [0.2, 0.25) is 0 Å². The summed E-state index contributed by atoms with van der Waals surface area (Å²) in [6.45, 7) is 3.98. The number of likely N-dealkylation sites (tertiary alicyclic amines) is 1. The van der Waals surface area contributed by atoms with Crippen molar-refractivity contribution in [1.29, 1.82) is 0 Å². The van der Waals surface area contributed by atoms with Gasteiger partial charge in [0.15, 0.2) is 5.11 Å². The van der Waals surface area contributed by atoms with Crippen LogP contribution in [0.3, 0.4) is 0 Å². The van der Waals surface area contributed by atoms with Gasteiger partial charge < -0.3 is 20.0 Å². The summed E-state index contributed by atoms with van der Waals surface area (Å²) in [5, 5.41) is 7.14. The molecule has 4 nitrogen and oxygen atoms in total. The molecule has 2 rings (SSSR count). The van der Waals surface area contributed by atoms with E-state index in [9.17, 15) is 0 Å². The minimum Gasteiger partial charge on any atom is -0.467 e. The fourth-order valence-corrected chi connectivity index (χ4v) is 2.48. The number of furan rings is 1. The number of piperidine rings is 1. The summed E-state index contributed by atoms with van der Waals surface area (Å²) in [5.41, 5.74) is 0. The van der Waals surface area contributed by atoms with E-state index in [0.717, 1.165) is 18.8 Å². The van der Waals surface area contributed by atoms with Gasteiger partial charge in [0.1, 0.15) is 5.76 Å². The lowest BCUT2D eigenvalue weighted by Gasteiger charge is -2.30. The molecule has 1 aromatic heterocycles. The van der Waals surface area contributed by atoms with Crippen LogP contribution in [0.25, 0.3) is 0 Å². The van der Waals surface area contributed by atoms with E-state index in [0.29, 0.717) is 17.6 Å². The summed E-state index contributed by atoms with van der Waals surface area (Å²) >= 11 is 5.25. The van der Waals surface area contributed by atoms with Crippen molar-refractivity contribution in [3.05, 3.63) is 24.2 Å². The SMILES string of the molecule is CN1CCC[C@@H](CNC(=S)NCc2ccco2)C1. The zero-order chi connectivity index (χ0) is 12.8. The Morgan fingerprint density at radius 3 is 3.17 bits per heavy atom. The Labute approximate surface area is 114 Å². The van der Waals surface area contributed by atoms with Crippen LogP contribution in [-0.4, -0.2) is 36.7 Å². The maximum Gasteiger partial charge on any atom is 0.166 e. The van der Waals surface area contributed by atoms with E-state index in [1.54, 1.807) is 6.26 Å². The predicted octanol–water partition coefficient (Wildman–Crippen LogP) is 1.59. The van der Waals surface area contributed by atoms with Gasteiger partial charge in [-0.25, -0.2) is 0 Å². The number of nitrogens with one attached hydrogen (secondary N) is 2. The fraction of sp³-hybridized carbons (Fsp3) is 0.615. The Kier molecular flexibility index (Phi) is 5.01. The first-order valence-electron chi connectivity index (χ1n) is 6.46. The molecule has 0 radical (unpaired) electrons. The number of hydrogen-bond acceptors (Lipinski definition) is 3. The van der Waals surface area contributed by atoms with Gasteiger partial charge in [0.25, 0.3) is 0 Å². The summed E-state index contributed by atoms with van der Waals surface area (Å²) < 4.78 is 5.24. The highest BCUT2D eigenvalue weighted by Crippen LogP contribution is 2.13.